The molecule has 3 rings (SSSR count). The summed E-state index contributed by atoms with van der Waals surface area (Å²) in [5.74, 6) is -0.0813. The second kappa shape index (κ2) is 9.25. The summed E-state index contributed by atoms with van der Waals surface area (Å²) in [5, 5.41) is 2.44. The smallest absolute Gasteiger partial charge is 0.416 e. The number of carbonyl (C=O) groups excluding carboxylic acids is 2. The molecule has 1 fully saturated rings. The monoisotopic (exact) mass is 438 g/mol. The Morgan fingerprint density at radius 1 is 1.16 bits per heavy atom. The first-order valence-electron chi connectivity index (χ1n) is 9.29. The normalized spacial score (nSPS) is 16.7. The van der Waals surface area contributed by atoms with Gasteiger partial charge in [0.1, 0.15) is 12.6 Å². The van der Waals surface area contributed by atoms with E-state index in [-0.39, 0.29) is 25.4 Å². The highest BCUT2D eigenvalue weighted by Gasteiger charge is 2.35. The van der Waals surface area contributed by atoms with E-state index in [0.717, 1.165) is 12.1 Å². The standard InChI is InChI=1S/C21H21F3N2O5/c1-29-17-7-6-13(8-18(17)30-2)10-26-16(11-31-12-19(26)27)20(28)25-15-5-3-4-14(9-15)21(22,23)24/h3-9,16H,10-12H2,1-2H3,(H,25,28)/t16-/m0/s1. The number of amides is 2. The number of nitrogens with one attached hydrogen (secondary N) is 1. The fourth-order valence-electron chi connectivity index (χ4n) is 3.19. The minimum atomic E-state index is -4.54. The lowest BCUT2D eigenvalue weighted by molar-refractivity contribution is -0.154. The van der Waals surface area contributed by atoms with E-state index >= 15 is 0 Å². The Morgan fingerprint density at radius 3 is 2.58 bits per heavy atom. The van der Waals surface area contributed by atoms with Gasteiger partial charge in [0.15, 0.2) is 11.5 Å². The fraction of sp³-hybridized carbons (Fsp3) is 0.333. The third kappa shape index (κ3) is 5.26. The van der Waals surface area contributed by atoms with Crippen molar-refractivity contribution >= 4 is 17.5 Å². The number of rotatable bonds is 6. The number of methoxy groups -OCH3 is 2. The van der Waals surface area contributed by atoms with Gasteiger partial charge in [0.05, 0.1) is 26.4 Å². The lowest BCUT2D eigenvalue weighted by Gasteiger charge is -2.34. The molecule has 0 bridgehead atoms. The number of carbonyl (C=O) groups is 2. The van der Waals surface area contributed by atoms with Crippen molar-refractivity contribution in [1.29, 1.82) is 0 Å². The molecule has 0 saturated carbocycles. The molecule has 31 heavy (non-hydrogen) atoms. The summed E-state index contributed by atoms with van der Waals surface area (Å²) in [6.45, 7) is -0.187. The van der Waals surface area contributed by atoms with Crippen LogP contribution in [-0.4, -0.2) is 50.2 Å². The molecular weight excluding hydrogens is 417 g/mol. The molecule has 0 spiro atoms. The Labute approximate surface area is 176 Å². The van der Waals surface area contributed by atoms with Gasteiger partial charge in [-0.15, -0.1) is 0 Å². The minimum Gasteiger partial charge on any atom is -0.493 e. The van der Waals surface area contributed by atoms with E-state index in [9.17, 15) is 22.8 Å². The fourth-order valence-corrected chi connectivity index (χ4v) is 3.19. The van der Waals surface area contributed by atoms with E-state index < -0.39 is 29.6 Å². The maximum atomic E-state index is 12.9. The number of hydrogen-bond acceptors (Lipinski definition) is 5. The van der Waals surface area contributed by atoms with Gasteiger partial charge in [-0.2, -0.15) is 13.2 Å². The minimum absolute atomic E-state index is 0.0242. The maximum absolute atomic E-state index is 12.9. The van der Waals surface area contributed by atoms with Crippen LogP contribution in [0.3, 0.4) is 0 Å². The molecule has 0 aromatic heterocycles. The van der Waals surface area contributed by atoms with Crippen LogP contribution in [0.4, 0.5) is 18.9 Å². The molecule has 1 heterocycles. The SMILES string of the molecule is COc1ccc(CN2C(=O)COC[C@H]2C(=O)Nc2cccc(C(F)(F)F)c2)cc1OC. The summed E-state index contributed by atoms with van der Waals surface area (Å²) in [4.78, 5) is 26.6. The summed E-state index contributed by atoms with van der Waals surface area (Å²) in [5.41, 5.74) is -0.225. The highest BCUT2D eigenvalue weighted by molar-refractivity contribution is 5.98. The van der Waals surface area contributed by atoms with E-state index in [1.807, 2.05) is 0 Å². The number of hydrogen-bond donors (Lipinski definition) is 1. The lowest BCUT2D eigenvalue weighted by Crippen LogP contribution is -2.54. The van der Waals surface area contributed by atoms with E-state index in [4.69, 9.17) is 14.2 Å². The van der Waals surface area contributed by atoms with Crippen molar-refractivity contribution in [2.45, 2.75) is 18.8 Å². The van der Waals surface area contributed by atoms with Crippen LogP contribution in [-0.2, 0) is 27.0 Å². The topological polar surface area (TPSA) is 77.1 Å². The van der Waals surface area contributed by atoms with Crippen molar-refractivity contribution < 1.29 is 37.0 Å². The number of halogens is 3. The predicted molar refractivity (Wildman–Crippen MR) is 105 cm³/mol. The molecule has 0 unspecified atom stereocenters. The Balaban J connectivity index is 1.79. The summed E-state index contributed by atoms with van der Waals surface area (Å²) in [6.07, 6.45) is -4.54. The number of alkyl halides is 3. The van der Waals surface area contributed by atoms with Gasteiger partial charge in [0.2, 0.25) is 11.8 Å². The number of nitrogens with zero attached hydrogens (tertiary/aromatic N) is 1. The lowest BCUT2D eigenvalue weighted by atomic mass is 10.1. The van der Waals surface area contributed by atoms with E-state index in [1.165, 1.54) is 31.3 Å². The number of benzene rings is 2. The molecule has 0 radical (unpaired) electrons. The van der Waals surface area contributed by atoms with Crippen LogP contribution in [0.25, 0.3) is 0 Å². The van der Waals surface area contributed by atoms with Crippen molar-refractivity contribution in [3.63, 3.8) is 0 Å². The van der Waals surface area contributed by atoms with Crippen molar-refractivity contribution in [2.75, 3.05) is 32.8 Å². The quantitative estimate of drug-likeness (QED) is 0.750. The summed E-state index contributed by atoms with van der Waals surface area (Å²) in [7, 11) is 2.98. The van der Waals surface area contributed by atoms with Gasteiger partial charge in [-0.05, 0) is 35.9 Å². The van der Waals surface area contributed by atoms with Crippen LogP contribution < -0.4 is 14.8 Å². The van der Waals surface area contributed by atoms with Gasteiger partial charge < -0.3 is 24.4 Å². The molecule has 7 nitrogen and oxygen atoms in total. The first-order chi connectivity index (χ1) is 14.7. The molecule has 10 heteroatoms. The number of morpholine rings is 1. The van der Waals surface area contributed by atoms with Crippen LogP contribution in [0.15, 0.2) is 42.5 Å². The van der Waals surface area contributed by atoms with E-state index in [2.05, 4.69) is 5.32 Å². The zero-order chi connectivity index (χ0) is 22.6. The van der Waals surface area contributed by atoms with Gasteiger partial charge in [-0.25, -0.2) is 0 Å². The Hall–Kier alpha value is -3.27. The zero-order valence-corrected chi connectivity index (χ0v) is 16.9. The van der Waals surface area contributed by atoms with Crippen LogP contribution in [0.2, 0.25) is 0 Å². The van der Waals surface area contributed by atoms with Crippen molar-refractivity contribution in [3.8, 4) is 11.5 Å². The zero-order valence-electron chi connectivity index (χ0n) is 16.9. The molecule has 1 atom stereocenters. The van der Waals surface area contributed by atoms with Crippen molar-refractivity contribution in [1.82, 2.24) is 4.90 Å². The van der Waals surface area contributed by atoms with Crippen molar-refractivity contribution in [3.05, 3.63) is 53.6 Å². The molecule has 2 aromatic carbocycles. The highest BCUT2D eigenvalue weighted by Crippen LogP contribution is 2.31. The molecule has 1 aliphatic heterocycles. The average molecular weight is 438 g/mol. The maximum Gasteiger partial charge on any atom is 0.416 e. The Morgan fingerprint density at radius 2 is 1.90 bits per heavy atom. The second-order valence-corrected chi connectivity index (χ2v) is 6.81. The second-order valence-electron chi connectivity index (χ2n) is 6.81. The summed E-state index contributed by atoms with van der Waals surface area (Å²) < 4.78 is 54.4. The first-order valence-corrected chi connectivity index (χ1v) is 9.29. The average Bonchev–Trinajstić information content (AvgIpc) is 2.74. The number of anilines is 1. The molecule has 1 aliphatic rings. The molecule has 1 N–H and O–H groups in total. The van der Waals surface area contributed by atoms with Crippen LogP contribution >= 0.6 is 0 Å². The largest absolute Gasteiger partial charge is 0.493 e. The summed E-state index contributed by atoms with van der Waals surface area (Å²) in [6, 6.07) is 8.36. The first kappa shape index (κ1) is 22.4. The van der Waals surface area contributed by atoms with Gasteiger partial charge in [0, 0.05) is 12.2 Å². The Kier molecular flexibility index (Phi) is 6.69. The van der Waals surface area contributed by atoms with E-state index in [1.54, 1.807) is 18.2 Å². The molecule has 2 aromatic rings. The van der Waals surface area contributed by atoms with Gasteiger partial charge in [-0.3, -0.25) is 9.59 Å². The third-order valence-electron chi connectivity index (χ3n) is 4.76. The van der Waals surface area contributed by atoms with Gasteiger partial charge in [0.25, 0.3) is 0 Å². The number of ether oxygens (including phenoxy) is 3. The van der Waals surface area contributed by atoms with Crippen LogP contribution in [0.5, 0.6) is 11.5 Å². The van der Waals surface area contributed by atoms with E-state index in [0.29, 0.717) is 17.1 Å². The highest BCUT2D eigenvalue weighted by atomic mass is 19.4. The molecule has 2 amide bonds. The Bertz CT molecular complexity index is 964. The molecular formula is C21H21F3N2O5. The van der Waals surface area contributed by atoms with Crippen LogP contribution in [0.1, 0.15) is 11.1 Å². The predicted octanol–water partition coefficient (Wildman–Crippen LogP) is 3.09. The van der Waals surface area contributed by atoms with Gasteiger partial charge in [-0.1, -0.05) is 12.1 Å². The molecule has 166 valence electrons. The third-order valence-corrected chi connectivity index (χ3v) is 4.76. The molecule has 1 saturated heterocycles. The van der Waals surface area contributed by atoms with Gasteiger partial charge >= 0.3 is 6.18 Å². The van der Waals surface area contributed by atoms with Crippen molar-refractivity contribution in [2.24, 2.45) is 0 Å². The molecule has 0 aliphatic carbocycles. The summed E-state index contributed by atoms with van der Waals surface area (Å²) >= 11 is 0. The van der Waals surface area contributed by atoms with Crippen LogP contribution in [0, 0.1) is 0 Å².